The van der Waals surface area contributed by atoms with Crippen LogP contribution < -0.4 is 16.1 Å². The van der Waals surface area contributed by atoms with Gasteiger partial charge in [-0.15, -0.1) is 0 Å². The molecule has 0 heterocycles. The lowest BCUT2D eigenvalue weighted by Crippen LogP contribution is -2.52. The second kappa shape index (κ2) is 13.2. The van der Waals surface area contributed by atoms with E-state index in [2.05, 4.69) is 16.1 Å². The number of rotatable bonds is 12. The summed E-state index contributed by atoms with van der Waals surface area (Å²) in [5.41, 5.74) is 4.08. The molecule has 4 N–H and O–H groups in total. The predicted octanol–water partition coefficient (Wildman–Crippen LogP) is 1.69. The number of hydroxylamine groups is 1. The Morgan fingerprint density at radius 2 is 1.47 bits per heavy atom. The third kappa shape index (κ3) is 8.49. The van der Waals surface area contributed by atoms with Crippen LogP contribution in [0, 0.1) is 11.8 Å². The van der Waals surface area contributed by atoms with Crippen molar-refractivity contribution >= 4 is 17.7 Å². The van der Waals surface area contributed by atoms with E-state index in [1.807, 2.05) is 74.5 Å². The van der Waals surface area contributed by atoms with E-state index in [0.29, 0.717) is 0 Å². The first-order valence-corrected chi connectivity index (χ1v) is 10.6. The maximum atomic E-state index is 12.8. The summed E-state index contributed by atoms with van der Waals surface area (Å²) in [5.74, 6) is -2.80. The summed E-state index contributed by atoms with van der Waals surface area (Å²) < 4.78 is 0. The number of aliphatic hydroxyl groups excluding tert-OH is 1. The molecule has 0 aliphatic carbocycles. The van der Waals surface area contributed by atoms with Crippen molar-refractivity contribution in [3.05, 3.63) is 71.8 Å². The van der Waals surface area contributed by atoms with E-state index in [-0.39, 0.29) is 25.5 Å². The van der Waals surface area contributed by atoms with Gasteiger partial charge in [0.15, 0.2) is 0 Å². The molecule has 32 heavy (non-hydrogen) atoms. The number of aliphatic hydroxyl groups is 1. The zero-order chi connectivity index (χ0) is 23.3. The van der Waals surface area contributed by atoms with E-state index in [9.17, 15) is 19.5 Å². The van der Waals surface area contributed by atoms with Gasteiger partial charge in [-0.05, 0) is 23.5 Å². The molecule has 0 aliphatic heterocycles. The summed E-state index contributed by atoms with van der Waals surface area (Å²) in [5, 5.41) is 14.8. The smallest absolute Gasteiger partial charge is 0.256 e. The second-order valence-electron chi connectivity index (χ2n) is 7.87. The molecule has 0 spiro atoms. The third-order valence-corrected chi connectivity index (χ3v) is 4.72. The fraction of sp³-hybridized carbons (Fsp3) is 0.375. The highest BCUT2D eigenvalue weighted by Gasteiger charge is 2.31. The molecular formula is C24H31N3O5. The predicted molar refractivity (Wildman–Crippen MR) is 120 cm³/mol. The molecule has 172 valence electrons. The maximum absolute atomic E-state index is 12.8. The Hall–Kier alpha value is -3.23. The molecule has 2 rings (SSSR count). The number of benzene rings is 2. The molecule has 2 aromatic rings. The van der Waals surface area contributed by atoms with Crippen LogP contribution in [0.2, 0.25) is 0 Å². The lowest BCUT2D eigenvalue weighted by molar-refractivity contribution is -0.146. The summed E-state index contributed by atoms with van der Waals surface area (Å²) >= 11 is 0. The highest BCUT2D eigenvalue weighted by molar-refractivity contribution is 6.01. The molecule has 0 saturated heterocycles. The molecular weight excluding hydrogens is 410 g/mol. The topological polar surface area (TPSA) is 117 Å². The lowest BCUT2D eigenvalue weighted by Gasteiger charge is -2.22. The quantitative estimate of drug-likeness (QED) is 0.295. The SMILES string of the molecule is CC(C)CC(C(=O)NOCc1ccccc1)C(=O)N[C@@H](CO)C(=O)NCc1ccccc1. The molecule has 0 saturated carbocycles. The molecule has 2 aromatic carbocycles. The van der Waals surface area contributed by atoms with Crippen molar-refractivity contribution in [3.8, 4) is 0 Å². The number of carbonyl (C=O) groups excluding carboxylic acids is 3. The average Bonchev–Trinajstić information content (AvgIpc) is 2.80. The molecule has 3 amide bonds. The van der Waals surface area contributed by atoms with Gasteiger partial charge in [0.05, 0.1) is 13.2 Å². The Balaban J connectivity index is 1.92. The largest absolute Gasteiger partial charge is 0.394 e. The number of nitrogens with one attached hydrogen (secondary N) is 3. The van der Waals surface area contributed by atoms with Crippen LogP contribution in [-0.4, -0.2) is 35.5 Å². The summed E-state index contributed by atoms with van der Waals surface area (Å²) in [6.07, 6.45) is 0.260. The van der Waals surface area contributed by atoms with Gasteiger partial charge >= 0.3 is 0 Å². The average molecular weight is 442 g/mol. The summed E-state index contributed by atoms with van der Waals surface area (Å²) in [6, 6.07) is 17.4. The summed E-state index contributed by atoms with van der Waals surface area (Å²) in [7, 11) is 0. The van der Waals surface area contributed by atoms with Crippen molar-refractivity contribution in [3.63, 3.8) is 0 Å². The Bertz CT molecular complexity index is 858. The normalized spacial score (nSPS) is 12.6. The van der Waals surface area contributed by atoms with Crippen molar-refractivity contribution in [2.45, 2.75) is 39.5 Å². The third-order valence-electron chi connectivity index (χ3n) is 4.72. The Morgan fingerprint density at radius 1 is 0.875 bits per heavy atom. The molecule has 0 fully saturated rings. The second-order valence-corrected chi connectivity index (χ2v) is 7.87. The minimum Gasteiger partial charge on any atom is -0.394 e. The number of amides is 3. The maximum Gasteiger partial charge on any atom is 0.256 e. The molecule has 0 bridgehead atoms. The molecule has 1 unspecified atom stereocenters. The Kier molecular flexibility index (Phi) is 10.4. The van der Waals surface area contributed by atoms with Gasteiger partial charge in [-0.2, -0.15) is 0 Å². The van der Waals surface area contributed by atoms with Gasteiger partial charge in [0.25, 0.3) is 5.91 Å². The van der Waals surface area contributed by atoms with Crippen molar-refractivity contribution < 1.29 is 24.3 Å². The van der Waals surface area contributed by atoms with E-state index in [1.165, 1.54) is 0 Å². The van der Waals surface area contributed by atoms with Gasteiger partial charge in [0.2, 0.25) is 11.8 Å². The van der Waals surface area contributed by atoms with E-state index < -0.39 is 36.3 Å². The first-order valence-electron chi connectivity index (χ1n) is 10.6. The zero-order valence-electron chi connectivity index (χ0n) is 18.4. The van der Waals surface area contributed by atoms with Crippen molar-refractivity contribution in [1.29, 1.82) is 0 Å². The van der Waals surface area contributed by atoms with Crippen LogP contribution in [0.25, 0.3) is 0 Å². The van der Waals surface area contributed by atoms with Crippen LogP contribution in [0.1, 0.15) is 31.4 Å². The minimum absolute atomic E-state index is 0.0464. The van der Waals surface area contributed by atoms with Crippen molar-refractivity contribution in [1.82, 2.24) is 16.1 Å². The first-order chi connectivity index (χ1) is 15.4. The molecule has 8 nitrogen and oxygen atoms in total. The molecule has 0 aliphatic rings. The van der Waals surface area contributed by atoms with Crippen LogP contribution in [0.15, 0.2) is 60.7 Å². The van der Waals surface area contributed by atoms with Gasteiger partial charge in [-0.1, -0.05) is 74.5 Å². The standard InChI is InChI=1S/C24H31N3O5/c1-17(2)13-20(23(30)27-32-16-19-11-7-4-8-12-19)22(29)26-21(15-28)24(31)25-14-18-9-5-3-6-10-18/h3-12,17,20-21,28H,13-16H2,1-2H3,(H,25,31)(H,26,29)(H,27,30)/t20?,21-/m0/s1. The van der Waals surface area contributed by atoms with Gasteiger partial charge in [0.1, 0.15) is 12.0 Å². The molecule has 0 radical (unpaired) electrons. The van der Waals surface area contributed by atoms with Crippen molar-refractivity contribution in [2.75, 3.05) is 6.61 Å². The van der Waals surface area contributed by atoms with Crippen LogP contribution in [0.4, 0.5) is 0 Å². The summed E-state index contributed by atoms with van der Waals surface area (Å²) in [6.45, 7) is 3.59. The number of carbonyl (C=O) groups is 3. The zero-order valence-corrected chi connectivity index (χ0v) is 18.4. The highest BCUT2D eigenvalue weighted by atomic mass is 16.6. The molecule has 2 atom stereocenters. The summed E-state index contributed by atoms with van der Waals surface area (Å²) in [4.78, 5) is 43.1. The molecule has 0 aromatic heterocycles. The Labute approximate surface area is 188 Å². The first kappa shape index (κ1) is 25.0. The Morgan fingerprint density at radius 3 is 2.03 bits per heavy atom. The van der Waals surface area contributed by atoms with Crippen LogP contribution in [0.5, 0.6) is 0 Å². The van der Waals surface area contributed by atoms with E-state index in [4.69, 9.17) is 4.84 Å². The van der Waals surface area contributed by atoms with Gasteiger partial charge in [-0.25, -0.2) is 5.48 Å². The lowest BCUT2D eigenvalue weighted by atomic mass is 9.95. The molecule has 8 heteroatoms. The minimum atomic E-state index is -1.17. The van der Waals surface area contributed by atoms with Crippen LogP contribution in [-0.2, 0) is 32.4 Å². The van der Waals surface area contributed by atoms with Crippen LogP contribution >= 0.6 is 0 Å². The highest BCUT2D eigenvalue weighted by Crippen LogP contribution is 2.13. The van der Waals surface area contributed by atoms with Crippen molar-refractivity contribution in [2.24, 2.45) is 11.8 Å². The number of hydrogen-bond acceptors (Lipinski definition) is 5. The monoisotopic (exact) mass is 441 g/mol. The van der Waals surface area contributed by atoms with Gasteiger partial charge < -0.3 is 15.7 Å². The fourth-order valence-electron chi connectivity index (χ4n) is 3.02. The van der Waals surface area contributed by atoms with E-state index in [0.717, 1.165) is 11.1 Å². The van der Waals surface area contributed by atoms with E-state index >= 15 is 0 Å². The number of hydrogen-bond donors (Lipinski definition) is 4. The van der Waals surface area contributed by atoms with Gasteiger partial charge in [-0.3, -0.25) is 19.2 Å². The fourth-order valence-corrected chi connectivity index (χ4v) is 3.02. The van der Waals surface area contributed by atoms with E-state index in [1.54, 1.807) is 0 Å². The van der Waals surface area contributed by atoms with Crippen LogP contribution in [0.3, 0.4) is 0 Å². The van der Waals surface area contributed by atoms with Gasteiger partial charge in [0, 0.05) is 6.54 Å².